The Morgan fingerprint density at radius 1 is 0.583 bits per heavy atom. The van der Waals surface area contributed by atoms with Crippen molar-refractivity contribution in [1.29, 1.82) is 0 Å². The molecule has 0 saturated heterocycles. The van der Waals surface area contributed by atoms with Crippen LogP contribution in [0.2, 0.25) is 0 Å². The van der Waals surface area contributed by atoms with Crippen LogP contribution in [0.3, 0.4) is 0 Å². The second-order valence-corrected chi connectivity index (χ2v) is 5.97. The molecule has 0 unspecified atom stereocenters. The number of hydrogen-bond acceptors (Lipinski definition) is 4. The Morgan fingerprint density at radius 3 is 2.21 bits per heavy atom. The molecule has 0 aliphatic rings. The maximum Gasteiger partial charge on any atom is 0.114 e. The van der Waals surface area contributed by atoms with Crippen molar-refractivity contribution in [3.05, 3.63) is 60.7 Å². The molecule has 4 nitrogen and oxygen atoms in total. The largest absolute Gasteiger partial charge is 0.397 e. The fourth-order valence-electron chi connectivity index (χ4n) is 3.33. The molecule has 5 rings (SSSR count). The normalized spacial score (nSPS) is 11.7. The van der Waals surface area contributed by atoms with Crippen LogP contribution in [-0.2, 0) is 0 Å². The number of fused-ring (bicyclic) bond motifs is 6. The lowest BCUT2D eigenvalue weighted by Gasteiger charge is -2.09. The van der Waals surface area contributed by atoms with Gasteiger partial charge in [-0.2, -0.15) is 0 Å². The Bertz CT molecular complexity index is 1270. The topological polar surface area (TPSA) is 77.8 Å². The van der Waals surface area contributed by atoms with E-state index in [2.05, 4.69) is 42.5 Å². The van der Waals surface area contributed by atoms with E-state index in [9.17, 15) is 0 Å². The van der Waals surface area contributed by atoms with Crippen LogP contribution >= 0.6 is 0 Å². The van der Waals surface area contributed by atoms with Gasteiger partial charge < -0.3 is 11.5 Å². The summed E-state index contributed by atoms with van der Waals surface area (Å²) in [6.45, 7) is 0. The molecule has 4 aromatic carbocycles. The van der Waals surface area contributed by atoms with E-state index < -0.39 is 0 Å². The van der Waals surface area contributed by atoms with Crippen molar-refractivity contribution < 1.29 is 0 Å². The third-order valence-electron chi connectivity index (χ3n) is 4.57. The fourth-order valence-corrected chi connectivity index (χ4v) is 3.33. The van der Waals surface area contributed by atoms with Gasteiger partial charge in [-0.05, 0) is 34.4 Å². The van der Waals surface area contributed by atoms with E-state index in [0.29, 0.717) is 16.9 Å². The monoisotopic (exact) mass is 310 g/mol. The zero-order chi connectivity index (χ0) is 16.3. The first kappa shape index (κ1) is 13.1. The van der Waals surface area contributed by atoms with Crippen LogP contribution in [0.4, 0.5) is 11.4 Å². The van der Waals surface area contributed by atoms with Crippen molar-refractivity contribution in [1.82, 2.24) is 9.97 Å². The van der Waals surface area contributed by atoms with E-state index >= 15 is 0 Å². The molecule has 0 radical (unpaired) electrons. The van der Waals surface area contributed by atoms with E-state index in [4.69, 9.17) is 21.4 Å². The van der Waals surface area contributed by atoms with Gasteiger partial charge in [-0.15, -0.1) is 0 Å². The molecule has 0 amide bonds. The van der Waals surface area contributed by atoms with Gasteiger partial charge in [0, 0.05) is 5.39 Å². The second-order valence-electron chi connectivity index (χ2n) is 5.97. The molecule has 5 aromatic rings. The Morgan fingerprint density at radius 2 is 1.29 bits per heavy atom. The molecular weight excluding hydrogens is 296 g/mol. The number of nitrogens with two attached hydrogens (primary N) is 2. The van der Waals surface area contributed by atoms with Gasteiger partial charge in [0.1, 0.15) is 5.52 Å². The molecule has 0 fully saturated rings. The molecule has 1 heterocycles. The molecule has 1 aromatic heterocycles. The third kappa shape index (κ3) is 1.68. The minimum Gasteiger partial charge on any atom is -0.397 e. The lowest BCUT2D eigenvalue weighted by atomic mass is 10.0. The van der Waals surface area contributed by atoms with Crippen molar-refractivity contribution in [3.8, 4) is 0 Å². The standard InChI is InChI=1S/C20H14N4/c21-15-8-10-17-20(18(15)22)24-16-9-7-13-12-4-2-1-3-11(12)5-6-14(13)19(16)23-17/h1-10H,21-22H2. The summed E-state index contributed by atoms with van der Waals surface area (Å²) in [5.74, 6) is 0. The van der Waals surface area contributed by atoms with Crippen LogP contribution in [0.25, 0.3) is 43.6 Å². The number of benzene rings is 4. The van der Waals surface area contributed by atoms with Gasteiger partial charge in [-0.1, -0.05) is 42.5 Å². The van der Waals surface area contributed by atoms with Crippen LogP contribution in [0.15, 0.2) is 60.7 Å². The molecule has 24 heavy (non-hydrogen) atoms. The van der Waals surface area contributed by atoms with Crippen LogP contribution < -0.4 is 11.5 Å². The van der Waals surface area contributed by atoms with E-state index in [1.165, 1.54) is 16.2 Å². The second kappa shape index (κ2) is 4.55. The van der Waals surface area contributed by atoms with Crippen molar-refractivity contribution in [2.45, 2.75) is 0 Å². The van der Waals surface area contributed by atoms with Crippen molar-refractivity contribution in [2.75, 3.05) is 11.5 Å². The number of hydrogen-bond donors (Lipinski definition) is 2. The minimum absolute atomic E-state index is 0.487. The van der Waals surface area contributed by atoms with Crippen molar-refractivity contribution in [2.24, 2.45) is 0 Å². The average Bonchev–Trinajstić information content (AvgIpc) is 2.63. The molecule has 4 heteroatoms. The summed E-state index contributed by atoms with van der Waals surface area (Å²) in [7, 11) is 0. The molecule has 0 aliphatic heterocycles. The Hall–Kier alpha value is -3.40. The quantitative estimate of drug-likeness (QED) is 0.254. The average molecular weight is 310 g/mol. The summed E-state index contributed by atoms with van der Waals surface area (Å²) in [6, 6.07) is 20.3. The van der Waals surface area contributed by atoms with E-state index in [0.717, 1.165) is 21.9 Å². The minimum atomic E-state index is 0.487. The number of nitrogen functional groups attached to an aromatic ring is 2. The Labute approximate surface area is 137 Å². The van der Waals surface area contributed by atoms with Crippen molar-refractivity contribution >= 4 is 55.0 Å². The van der Waals surface area contributed by atoms with Gasteiger partial charge in [0.25, 0.3) is 0 Å². The number of nitrogens with zero attached hydrogens (tertiary/aromatic N) is 2. The Kier molecular flexibility index (Phi) is 2.48. The summed E-state index contributed by atoms with van der Waals surface area (Å²) in [6.07, 6.45) is 0. The fraction of sp³-hybridized carbons (Fsp3) is 0. The van der Waals surface area contributed by atoms with Gasteiger partial charge in [-0.3, -0.25) is 0 Å². The highest BCUT2D eigenvalue weighted by Crippen LogP contribution is 2.32. The number of anilines is 2. The highest BCUT2D eigenvalue weighted by atomic mass is 14.8. The van der Waals surface area contributed by atoms with Crippen molar-refractivity contribution in [3.63, 3.8) is 0 Å². The first-order valence-electron chi connectivity index (χ1n) is 7.78. The van der Waals surface area contributed by atoms with E-state index in [-0.39, 0.29) is 0 Å². The Balaban J connectivity index is 1.98. The van der Waals surface area contributed by atoms with Crippen LogP contribution in [-0.4, -0.2) is 9.97 Å². The predicted octanol–water partition coefficient (Wildman–Crippen LogP) is 4.25. The molecule has 4 N–H and O–H groups in total. The molecular formula is C20H14N4. The summed E-state index contributed by atoms with van der Waals surface area (Å²) >= 11 is 0. The number of rotatable bonds is 0. The molecule has 0 bridgehead atoms. The highest BCUT2D eigenvalue weighted by Gasteiger charge is 2.10. The molecule has 0 saturated carbocycles. The highest BCUT2D eigenvalue weighted by molar-refractivity contribution is 6.16. The first-order chi connectivity index (χ1) is 11.7. The van der Waals surface area contributed by atoms with Gasteiger partial charge in [0.05, 0.1) is 27.9 Å². The lowest BCUT2D eigenvalue weighted by molar-refractivity contribution is 1.41. The first-order valence-corrected chi connectivity index (χ1v) is 7.78. The molecule has 0 spiro atoms. The SMILES string of the molecule is Nc1ccc2nc3c(ccc4c5ccccc5ccc43)nc2c1N. The van der Waals surface area contributed by atoms with Crippen LogP contribution in [0.5, 0.6) is 0 Å². The summed E-state index contributed by atoms with van der Waals surface area (Å²) < 4.78 is 0. The summed E-state index contributed by atoms with van der Waals surface area (Å²) in [5, 5.41) is 4.71. The predicted molar refractivity (Wildman–Crippen MR) is 101 cm³/mol. The van der Waals surface area contributed by atoms with Gasteiger partial charge in [0.2, 0.25) is 0 Å². The van der Waals surface area contributed by atoms with Gasteiger partial charge >= 0.3 is 0 Å². The molecule has 114 valence electrons. The zero-order valence-electron chi connectivity index (χ0n) is 12.8. The lowest BCUT2D eigenvalue weighted by Crippen LogP contribution is -1.98. The molecule has 0 atom stereocenters. The maximum absolute atomic E-state index is 6.07. The maximum atomic E-state index is 6.07. The van der Waals surface area contributed by atoms with E-state index in [1.807, 2.05) is 12.1 Å². The smallest absolute Gasteiger partial charge is 0.114 e. The molecule has 0 aliphatic carbocycles. The van der Waals surface area contributed by atoms with Gasteiger partial charge in [-0.25, -0.2) is 9.97 Å². The number of aromatic nitrogens is 2. The summed E-state index contributed by atoms with van der Waals surface area (Å²) in [5.41, 5.74) is 16.1. The zero-order valence-corrected chi connectivity index (χ0v) is 12.8. The van der Waals surface area contributed by atoms with Gasteiger partial charge in [0.15, 0.2) is 0 Å². The van der Waals surface area contributed by atoms with Crippen LogP contribution in [0.1, 0.15) is 0 Å². The van der Waals surface area contributed by atoms with E-state index in [1.54, 1.807) is 6.07 Å². The third-order valence-corrected chi connectivity index (χ3v) is 4.57. The van der Waals surface area contributed by atoms with Crippen LogP contribution in [0, 0.1) is 0 Å². The summed E-state index contributed by atoms with van der Waals surface area (Å²) in [4.78, 5) is 9.52.